The fraction of sp³-hybridized carbons (Fsp3) is 0.438. The van der Waals surface area contributed by atoms with Gasteiger partial charge in [0, 0.05) is 37.9 Å². The van der Waals surface area contributed by atoms with Gasteiger partial charge in [0.25, 0.3) is 0 Å². The van der Waals surface area contributed by atoms with Crippen LogP contribution in [0.1, 0.15) is 18.4 Å². The van der Waals surface area contributed by atoms with Gasteiger partial charge in [-0.2, -0.15) is 0 Å². The van der Waals surface area contributed by atoms with Crippen molar-refractivity contribution in [3.05, 3.63) is 48.0 Å². The van der Waals surface area contributed by atoms with Crippen LogP contribution >= 0.6 is 0 Å². The second kappa shape index (κ2) is 5.77. The SMILES string of the molecule is Cc1ncc(CN2CCNC(C)C2)n1-c1ccccc1. The Morgan fingerprint density at radius 3 is 2.85 bits per heavy atom. The molecule has 1 aliphatic heterocycles. The Labute approximate surface area is 120 Å². The van der Waals surface area contributed by atoms with Crippen LogP contribution < -0.4 is 5.32 Å². The summed E-state index contributed by atoms with van der Waals surface area (Å²) in [6.07, 6.45) is 2.01. The lowest BCUT2D eigenvalue weighted by atomic mass is 10.2. The van der Waals surface area contributed by atoms with Crippen LogP contribution in [-0.4, -0.2) is 40.1 Å². The molecule has 1 fully saturated rings. The number of aryl methyl sites for hydroxylation is 1. The molecular formula is C16H22N4. The van der Waals surface area contributed by atoms with Gasteiger partial charge in [-0.05, 0) is 26.0 Å². The van der Waals surface area contributed by atoms with Crippen molar-refractivity contribution in [1.82, 2.24) is 19.8 Å². The second-order valence-electron chi connectivity index (χ2n) is 5.56. The summed E-state index contributed by atoms with van der Waals surface area (Å²) in [5.74, 6) is 1.05. The fourth-order valence-corrected chi connectivity index (χ4v) is 2.92. The van der Waals surface area contributed by atoms with Gasteiger partial charge in [-0.15, -0.1) is 0 Å². The van der Waals surface area contributed by atoms with Gasteiger partial charge >= 0.3 is 0 Å². The number of aromatic nitrogens is 2. The lowest BCUT2D eigenvalue weighted by molar-refractivity contribution is 0.197. The molecule has 0 saturated carbocycles. The Kier molecular flexibility index (Phi) is 3.85. The number of rotatable bonds is 3. The molecule has 3 rings (SSSR count). The van der Waals surface area contributed by atoms with Gasteiger partial charge in [-0.1, -0.05) is 18.2 Å². The fourth-order valence-electron chi connectivity index (χ4n) is 2.92. The number of hydrogen-bond acceptors (Lipinski definition) is 3. The van der Waals surface area contributed by atoms with Gasteiger partial charge in [-0.3, -0.25) is 9.47 Å². The molecular weight excluding hydrogens is 248 g/mol. The van der Waals surface area contributed by atoms with E-state index in [4.69, 9.17) is 0 Å². The van der Waals surface area contributed by atoms with Gasteiger partial charge in [0.1, 0.15) is 5.82 Å². The van der Waals surface area contributed by atoms with Gasteiger partial charge in [0.2, 0.25) is 0 Å². The van der Waals surface area contributed by atoms with Crippen molar-refractivity contribution in [2.75, 3.05) is 19.6 Å². The molecule has 0 radical (unpaired) electrons. The maximum Gasteiger partial charge on any atom is 0.110 e. The number of piperazine rings is 1. The first kappa shape index (κ1) is 13.3. The number of benzene rings is 1. The van der Waals surface area contributed by atoms with Crippen molar-refractivity contribution in [1.29, 1.82) is 0 Å². The number of nitrogens with zero attached hydrogens (tertiary/aromatic N) is 3. The highest BCUT2D eigenvalue weighted by Gasteiger charge is 2.18. The Morgan fingerprint density at radius 1 is 1.30 bits per heavy atom. The zero-order chi connectivity index (χ0) is 13.9. The number of nitrogens with one attached hydrogen (secondary N) is 1. The molecule has 1 saturated heterocycles. The van der Waals surface area contributed by atoms with Crippen LogP contribution in [0.2, 0.25) is 0 Å². The summed E-state index contributed by atoms with van der Waals surface area (Å²) in [5, 5.41) is 3.49. The van der Waals surface area contributed by atoms with Crippen LogP contribution in [0.4, 0.5) is 0 Å². The van der Waals surface area contributed by atoms with Crippen molar-refractivity contribution in [3.63, 3.8) is 0 Å². The molecule has 2 aromatic rings. The van der Waals surface area contributed by atoms with E-state index in [9.17, 15) is 0 Å². The zero-order valence-electron chi connectivity index (χ0n) is 12.2. The van der Waals surface area contributed by atoms with E-state index >= 15 is 0 Å². The molecule has 0 bridgehead atoms. The third-order valence-electron chi connectivity index (χ3n) is 3.86. The molecule has 1 N–H and O–H groups in total. The minimum Gasteiger partial charge on any atom is -0.312 e. The van der Waals surface area contributed by atoms with Crippen LogP contribution in [0.15, 0.2) is 36.5 Å². The molecule has 20 heavy (non-hydrogen) atoms. The first-order valence-electron chi connectivity index (χ1n) is 7.28. The average molecular weight is 270 g/mol. The summed E-state index contributed by atoms with van der Waals surface area (Å²) in [4.78, 5) is 7.00. The van der Waals surface area contributed by atoms with E-state index in [-0.39, 0.29) is 0 Å². The lowest BCUT2D eigenvalue weighted by Crippen LogP contribution is -2.48. The minimum absolute atomic E-state index is 0.568. The summed E-state index contributed by atoms with van der Waals surface area (Å²) in [5.41, 5.74) is 2.46. The molecule has 4 nitrogen and oxygen atoms in total. The van der Waals surface area contributed by atoms with Crippen LogP contribution in [0, 0.1) is 6.92 Å². The molecule has 0 aliphatic carbocycles. The van der Waals surface area contributed by atoms with E-state index in [1.54, 1.807) is 0 Å². The molecule has 0 spiro atoms. The molecule has 106 valence electrons. The maximum atomic E-state index is 4.50. The maximum absolute atomic E-state index is 4.50. The van der Waals surface area contributed by atoms with Crippen LogP contribution in [0.5, 0.6) is 0 Å². The third kappa shape index (κ3) is 2.76. The Morgan fingerprint density at radius 2 is 2.10 bits per heavy atom. The molecule has 1 unspecified atom stereocenters. The quantitative estimate of drug-likeness (QED) is 0.926. The lowest BCUT2D eigenvalue weighted by Gasteiger charge is -2.31. The summed E-state index contributed by atoms with van der Waals surface area (Å²) >= 11 is 0. The van der Waals surface area contributed by atoms with E-state index in [0.29, 0.717) is 6.04 Å². The number of imidazole rings is 1. The highest BCUT2D eigenvalue weighted by molar-refractivity contribution is 5.35. The largest absolute Gasteiger partial charge is 0.312 e. The van der Waals surface area contributed by atoms with E-state index in [1.165, 1.54) is 11.4 Å². The number of hydrogen-bond donors (Lipinski definition) is 1. The molecule has 1 aromatic carbocycles. The van der Waals surface area contributed by atoms with E-state index in [1.807, 2.05) is 12.3 Å². The van der Waals surface area contributed by atoms with E-state index < -0.39 is 0 Å². The Hall–Kier alpha value is -1.65. The minimum atomic E-state index is 0.568. The van der Waals surface area contributed by atoms with Crippen LogP contribution in [0.25, 0.3) is 5.69 Å². The van der Waals surface area contributed by atoms with Gasteiger partial charge < -0.3 is 5.32 Å². The van der Waals surface area contributed by atoms with E-state index in [0.717, 1.165) is 32.0 Å². The normalized spacial score (nSPS) is 20.2. The topological polar surface area (TPSA) is 33.1 Å². The first-order chi connectivity index (χ1) is 9.74. The van der Waals surface area contributed by atoms with Gasteiger partial charge in [0.15, 0.2) is 0 Å². The van der Waals surface area contributed by atoms with Crippen molar-refractivity contribution in [3.8, 4) is 5.69 Å². The Balaban J connectivity index is 1.84. The zero-order valence-corrected chi connectivity index (χ0v) is 12.2. The second-order valence-corrected chi connectivity index (χ2v) is 5.56. The highest BCUT2D eigenvalue weighted by atomic mass is 15.2. The van der Waals surface area contributed by atoms with Crippen LogP contribution in [0.3, 0.4) is 0 Å². The van der Waals surface area contributed by atoms with Crippen molar-refractivity contribution in [2.45, 2.75) is 26.4 Å². The van der Waals surface area contributed by atoms with Crippen LogP contribution in [-0.2, 0) is 6.54 Å². The highest BCUT2D eigenvalue weighted by Crippen LogP contribution is 2.16. The van der Waals surface area contributed by atoms with Gasteiger partial charge in [-0.25, -0.2) is 4.98 Å². The number of para-hydroxylation sites is 1. The van der Waals surface area contributed by atoms with E-state index in [2.05, 4.69) is 57.9 Å². The molecule has 4 heteroatoms. The standard InChI is InChI=1S/C16H22N4/c1-13-11-19(9-8-17-13)12-16-10-18-14(2)20(16)15-6-4-3-5-7-15/h3-7,10,13,17H,8-9,11-12H2,1-2H3. The average Bonchev–Trinajstić information content (AvgIpc) is 2.81. The molecule has 1 atom stereocenters. The monoisotopic (exact) mass is 270 g/mol. The predicted octanol–water partition coefficient (Wildman–Crippen LogP) is 1.97. The molecule has 1 aliphatic rings. The first-order valence-corrected chi connectivity index (χ1v) is 7.28. The molecule has 1 aromatic heterocycles. The Bertz CT molecular complexity index is 561. The van der Waals surface area contributed by atoms with Crippen molar-refractivity contribution in [2.24, 2.45) is 0 Å². The predicted molar refractivity (Wildman–Crippen MR) is 81.0 cm³/mol. The summed E-state index contributed by atoms with van der Waals surface area (Å²) < 4.78 is 2.26. The molecule has 0 amide bonds. The smallest absolute Gasteiger partial charge is 0.110 e. The van der Waals surface area contributed by atoms with Crippen molar-refractivity contribution >= 4 is 0 Å². The van der Waals surface area contributed by atoms with Gasteiger partial charge in [0.05, 0.1) is 11.9 Å². The summed E-state index contributed by atoms with van der Waals surface area (Å²) in [7, 11) is 0. The third-order valence-corrected chi connectivity index (χ3v) is 3.86. The summed E-state index contributed by atoms with van der Waals surface area (Å²) in [6.45, 7) is 8.53. The molecule has 2 heterocycles. The summed E-state index contributed by atoms with van der Waals surface area (Å²) in [6, 6.07) is 11.0. The van der Waals surface area contributed by atoms with Crippen molar-refractivity contribution < 1.29 is 0 Å².